The number of hydrogen-bond acceptors (Lipinski definition) is 7. The number of amides is 3. The number of alkyl carbamates (subject to hydrolysis) is 1. The lowest BCUT2D eigenvalue weighted by molar-refractivity contribution is -0.118. The van der Waals surface area contributed by atoms with Crippen molar-refractivity contribution in [3.05, 3.63) is 132 Å². The Morgan fingerprint density at radius 3 is 2.06 bits per heavy atom. The smallest absolute Gasteiger partial charge is 0.412 e. The Bertz CT molecular complexity index is 1540. The van der Waals surface area contributed by atoms with E-state index in [2.05, 4.69) is 21.3 Å². The zero-order valence-electron chi connectivity index (χ0n) is 26.3. The fraction of sp³-hybridized carbons (Fsp3) is 0.270. The molecule has 47 heavy (non-hydrogen) atoms. The maximum absolute atomic E-state index is 14.0. The van der Waals surface area contributed by atoms with Crippen LogP contribution in [-0.4, -0.2) is 63.1 Å². The molecule has 0 aliphatic carbocycles. The molecule has 10 heteroatoms. The quantitative estimate of drug-likeness (QED) is 0.167. The largest absolute Gasteiger partial charge is 0.453 e. The highest BCUT2D eigenvalue weighted by Gasteiger charge is 2.33. The molecule has 1 aliphatic rings. The minimum Gasteiger partial charge on any atom is -0.453 e. The third-order valence-electron chi connectivity index (χ3n) is 8.02. The van der Waals surface area contributed by atoms with Crippen molar-refractivity contribution in [2.75, 3.05) is 32.1 Å². The Balaban J connectivity index is 1.19. The zero-order chi connectivity index (χ0) is 32.8. The number of aryl methyl sites for hydroxylation is 1. The predicted molar refractivity (Wildman–Crippen MR) is 179 cm³/mol. The predicted octanol–water partition coefficient (Wildman–Crippen LogP) is 5.26. The number of morpholine rings is 1. The fourth-order valence-electron chi connectivity index (χ4n) is 5.59. The van der Waals surface area contributed by atoms with Gasteiger partial charge in [0.15, 0.2) is 0 Å². The highest BCUT2D eigenvalue weighted by Crippen LogP contribution is 2.30. The molecule has 1 aliphatic heterocycles. The van der Waals surface area contributed by atoms with Crippen molar-refractivity contribution in [1.82, 2.24) is 16.0 Å². The van der Waals surface area contributed by atoms with E-state index in [9.17, 15) is 14.4 Å². The number of hydrogen-bond donors (Lipinski definition) is 4. The summed E-state index contributed by atoms with van der Waals surface area (Å²) in [6.45, 7) is 1.44. The zero-order valence-corrected chi connectivity index (χ0v) is 26.3. The van der Waals surface area contributed by atoms with Crippen LogP contribution in [0.3, 0.4) is 0 Å². The van der Waals surface area contributed by atoms with E-state index in [1.165, 1.54) is 7.11 Å². The van der Waals surface area contributed by atoms with Crippen molar-refractivity contribution in [2.45, 2.75) is 36.9 Å². The Kier molecular flexibility index (Phi) is 12.0. The molecule has 10 nitrogen and oxygen atoms in total. The van der Waals surface area contributed by atoms with E-state index in [-0.39, 0.29) is 18.1 Å². The summed E-state index contributed by atoms with van der Waals surface area (Å²) in [7, 11) is 1.28. The maximum atomic E-state index is 14.0. The van der Waals surface area contributed by atoms with Gasteiger partial charge in [-0.2, -0.15) is 0 Å². The van der Waals surface area contributed by atoms with Crippen LogP contribution >= 0.6 is 0 Å². The summed E-state index contributed by atoms with van der Waals surface area (Å²) in [5, 5.41) is 12.1. The Morgan fingerprint density at radius 2 is 1.45 bits per heavy atom. The van der Waals surface area contributed by atoms with Gasteiger partial charge in [-0.1, -0.05) is 97.1 Å². The number of ether oxygens (including phenoxy) is 3. The molecular weight excluding hydrogens is 596 g/mol. The van der Waals surface area contributed by atoms with Gasteiger partial charge >= 0.3 is 12.2 Å². The number of methoxy groups -OCH3 is 1. The van der Waals surface area contributed by atoms with Gasteiger partial charge in [0, 0.05) is 30.7 Å². The second-order valence-corrected chi connectivity index (χ2v) is 11.2. The Morgan fingerprint density at radius 1 is 0.830 bits per heavy atom. The number of carbonyl (C=O) groups excluding carboxylic acids is 3. The van der Waals surface area contributed by atoms with Crippen LogP contribution in [0.5, 0.6) is 5.75 Å². The van der Waals surface area contributed by atoms with E-state index >= 15 is 0 Å². The van der Waals surface area contributed by atoms with Gasteiger partial charge < -0.3 is 35.5 Å². The van der Waals surface area contributed by atoms with E-state index in [1.54, 1.807) is 24.3 Å². The van der Waals surface area contributed by atoms with Crippen LogP contribution in [0.1, 0.15) is 29.0 Å². The molecule has 0 radical (unpaired) electrons. The van der Waals surface area contributed by atoms with Crippen LogP contribution in [0.15, 0.2) is 115 Å². The van der Waals surface area contributed by atoms with Crippen molar-refractivity contribution in [3.63, 3.8) is 0 Å². The molecular formula is C37H40N4O6. The first-order valence-corrected chi connectivity index (χ1v) is 15.7. The molecule has 5 rings (SSSR count). The van der Waals surface area contributed by atoms with Crippen LogP contribution in [0.2, 0.25) is 0 Å². The first-order valence-electron chi connectivity index (χ1n) is 15.7. The molecule has 4 N–H and O–H groups in total. The highest BCUT2D eigenvalue weighted by atomic mass is 16.6. The molecule has 3 amide bonds. The average molecular weight is 637 g/mol. The van der Waals surface area contributed by atoms with Gasteiger partial charge in [-0.25, -0.2) is 9.59 Å². The van der Waals surface area contributed by atoms with Crippen LogP contribution in [0.25, 0.3) is 0 Å². The SMILES string of the molecule is COC(=O)N[C@H](C(=O)Nc1ccccc1CC[C@@H]1CN[C@H](CNC(=O)Oc2ccccc2)CO1)C(c1ccccc1)c1ccccc1. The van der Waals surface area contributed by atoms with Gasteiger partial charge in [0.25, 0.3) is 0 Å². The summed E-state index contributed by atoms with van der Waals surface area (Å²) < 4.78 is 16.3. The first kappa shape index (κ1) is 33.2. The van der Waals surface area contributed by atoms with Crippen molar-refractivity contribution in [2.24, 2.45) is 0 Å². The van der Waals surface area contributed by atoms with Gasteiger partial charge in [0.2, 0.25) is 5.91 Å². The summed E-state index contributed by atoms with van der Waals surface area (Å²) in [5.74, 6) is -0.345. The molecule has 3 atom stereocenters. The molecule has 0 aromatic heterocycles. The van der Waals surface area contributed by atoms with E-state index in [1.807, 2.05) is 91.0 Å². The average Bonchev–Trinajstić information content (AvgIpc) is 3.11. The third kappa shape index (κ3) is 9.65. The molecule has 0 saturated carbocycles. The number of rotatable bonds is 12. The van der Waals surface area contributed by atoms with Crippen LogP contribution in [0, 0.1) is 0 Å². The molecule has 1 saturated heterocycles. The van der Waals surface area contributed by atoms with Gasteiger partial charge in [-0.05, 0) is 47.7 Å². The molecule has 0 bridgehead atoms. The maximum Gasteiger partial charge on any atom is 0.412 e. The normalized spacial score (nSPS) is 16.5. The number of carbonyl (C=O) groups is 3. The number of benzene rings is 4. The van der Waals surface area contributed by atoms with Gasteiger partial charge in [-0.15, -0.1) is 0 Å². The van der Waals surface area contributed by atoms with Gasteiger partial charge in [0.05, 0.1) is 19.8 Å². The van der Waals surface area contributed by atoms with Gasteiger partial charge in [0.1, 0.15) is 11.8 Å². The summed E-state index contributed by atoms with van der Waals surface area (Å²) in [5.41, 5.74) is 3.38. The van der Waals surface area contributed by atoms with E-state index in [0.29, 0.717) is 37.6 Å². The Labute approximate surface area is 274 Å². The van der Waals surface area contributed by atoms with E-state index < -0.39 is 24.1 Å². The lowest BCUT2D eigenvalue weighted by Crippen LogP contribution is -2.52. The standard InChI is InChI=1S/C37H40N4O6/c1-45-37(44)41-34(33(27-14-5-2-6-15-27)28-16-7-3-8-17-28)35(42)40-32-20-12-11-13-26(32)21-22-31-24-38-29(25-46-31)23-39-36(43)47-30-18-9-4-10-19-30/h2-20,29,31,33-34,38H,21-25H2,1H3,(H,39,43)(H,40,42)(H,41,44)/t29-,31-,34+/m1/s1. The lowest BCUT2D eigenvalue weighted by Gasteiger charge is -2.30. The molecule has 244 valence electrons. The second-order valence-electron chi connectivity index (χ2n) is 11.2. The third-order valence-corrected chi connectivity index (χ3v) is 8.02. The summed E-state index contributed by atoms with van der Waals surface area (Å²) in [4.78, 5) is 38.6. The molecule has 0 spiro atoms. The first-order chi connectivity index (χ1) is 23.0. The minimum atomic E-state index is -0.957. The fourth-order valence-corrected chi connectivity index (χ4v) is 5.59. The highest BCUT2D eigenvalue weighted by molar-refractivity contribution is 5.98. The van der Waals surface area contributed by atoms with Crippen molar-refractivity contribution < 1.29 is 28.6 Å². The Hall–Kier alpha value is -5.19. The van der Waals surface area contributed by atoms with Crippen molar-refractivity contribution in [3.8, 4) is 5.75 Å². The number of nitrogens with one attached hydrogen (secondary N) is 4. The van der Waals surface area contributed by atoms with E-state index in [0.717, 1.165) is 23.1 Å². The van der Waals surface area contributed by atoms with Crippen molar-refractivity contribution in [1.29, 1.82) is 0 Å². The van der Waals surface area contributed by atoms with Gasteiger partial charge in [-0.3, -0.25) is 4.79 Å². The second kappa shape index (κ2) is 16.9. The molecule has 0 unspecified atom stereocenters. The molecule has 4 aromatic rings. The number of para-hydroxylation sites is 2. The molecule has 4 aromatic carbocycles. The van der Waals surface area contributed by atoms with Crippen LogP contribution in [0.4, 0.5) is 15.3 Å². The van der Waals surface area contributed by atoms with Crippen LogP contribution < -0.4 is 26.0 Å². The number of anilines is 1. The van der Waals surface area contributed by atoms with Crippen LogP contribution in [-0.2, 0) is 20.7 Å². The topological polar surface area (TPSA) is 127 Å². The lowest BCUT2D eigenvalue weighted by atomic mass is 9.84. The van der Waals surface area contributed by atoms with Crippen molar-refractivity contribution >= 4 is 23.8 Å². The van der Waals surface area contributed by atoms with E-state index in [4.69, 9.17) is 14.2 Å². The molecule has 1 fully saturated rings. The summed E-state index contributed by atoms with van der Waals surface area (Å²) in [6.07, 6.45) is 0.128. The summed E-state index contributed by atoms with van der Waals surface area (Å²) >= 11 is 0. The summed E-state index contributed by atoms with van der Waals surface area (Å²) in [6, 6.07) is 34.8. The molecule has 1 heterocycles. The monoisotopic (exact) mass is 636 g/mol. The minimum absolute atomic E-state index is 0.0393.